The van der Waals surface area contributed by atoms with Gasteiger partial charge in [-0.3, -0.25) is 19.3 Å². The lowest BCUT2D eigenvalue weighted by Gasteiger charge is -2.33. The number of nitrogens with zero attached hydrogens (tertiary/aromatic N) is 1. The second-order valence-corrected chi connectivity index (χ2v) is 5.92. The lowest BCUT2D eigenvalue weighted by atomic mass is 10.1. The summed E-state index contributed by atoms with van der Waals surface area (Å²) < 4.78 is 4.63. The van der Waals surface area contributed by atoms with E-state index in [2.05, 4.69) is 15.4 Å². The van der Waals surface area contributed by atoms with Gasteiger partial charge in [-0.15, -0.1) is 0 Å². The number of piperazine rings is 1. The molecule has 7 nitrogen and oxygen atoms in total. The fourth-order valence-electron chi connectivity index (χ4n) is 2.74. The molecule has 0 aromatic heterocycles. The quantitative estimate of drug-likeness (QED) is 0.771. The maximum absolute atomic E-state index is 12.3. The fourth-order valence-corrected chi connectivity index (χ4v) is 2.74. The Morgan fingerprint density at radius 1 is 1.38 bits per heavy atom. The van der Waals surface area contributed by atoms with Gasteiger partial charge in [-0.25, -0.2) is 0 Å². The van der Waals surface area contributed by atoms with Gasteiger partial charge in [-0.2, -0.15) is 0 Å². The highest BCUT2D eigenvalue weighted by Gasteiger charge is 2.33. The van der Waals surface area contributed by atoms with Gasteiger partial charge in [0, 0.05) is 18.8 Å². The van der Waals surface area contributed by atoms with Gasteiger partial charge in [0.2, 0.25) is 11.8 Å². The molecule has 1 aromatic rings. The molecule has 1 aliphatic rings. The van der Waals surface area contributed by atoms with Crippen LogP contribution in [0.4, 0.5) is 5.69 Å². The third-order valence-electron chi connectivity index (χ3n) is 4.03. The predicted octanol–water partition coefficient (Wildman–Crippen LogP) is 0.605. The van der Waals surface area contributed by atoms with E-state index in [1.54, 1.807) is 4.90 Å². The zero-order valence-corrected chi connectivity index (χ0v) is 14.2. The molecule has 1 aromatic carbocycles. The van der Waals surface area contributed by atoms with Gasteiger partial charge in [-0.05, 0) is 25.5 Å². The number of nitrogens with one attached hydrogen (secondary N) is 2. The van der Waals surface area contributed by atoms with Crippen molar-refractivity contribution in [3.63, 3.8) is 0 Å². The molecule has 0 radical (unpaired) electrons. The van der Waals surface area contributed by atoms with Crippen molar-refractivity contribution in [2.45, 2.75) is 26.3 Å². The first-order chi connectivity index (χ1) is 11.4. The number of ether oxygens (including phenoxy) is 1. The molecule has 1 fully saturated rings. The lowest BCUT2D eigenvalue weighted by molar-refractivity contribution is -0.146. The zero-order valence-electron chi connectivity index (χ0n) is 14.2. The Morgan fingerprint density at radius 3 is 2.79 bits per heavy atom. The Bertz CT molecular complexity index is 645. The van der Waals surface area contributed by atoms with Crippen molar-refractivity contribution in [3.8, 4) is 0 Å². The summed E-state index contributed by atoms with van der Waals surface area (Å²) in [6, 6.07) is 5.09. The maximum atomic E-state index is 12.3. The SMILES string of the molecule is COC(=O)C[C@@H]1C(=O)NCCN1CC(=O)Nc1ccc(C)cc1C. The highest BCUT2D eigenvalue weighted by atomic mass is 16.5. The van der Waals surface area contributed by atoms with Crippen molar-refractivity contribution in [1.29, 1.82) is 0 Å². The molecule has 1 atom stereocenters. The highest BCUT2D eigenvalue weighted by Crippen LogP contribution is 2.16. The van der Waals surface area contributed by atoms with Crippen molar-refractivity contribution in [3.05, 3.63) is 29.3 Å². The largest absolute Gasteiger partial charge is 0.469 e. The fraction of sp³-hybridized carbons (Fsp3) is 0.471. The smallest absolute Gasteiger partial charge is 0.307 e. The molecule has 0 aliphatic carbocycles. The highest BCUT2D eigenvalue weighted by molar-refractivity contribution is 5.94. The van der Waals surface area contributed by atoms with Crippen molar-refractivity contribution >= 4 is 23.5 Å². The van der Waals surface area contributed by atoms with Crippen molar-refractivity contribution in [1.82, 2.24) is 10.2 Å². The second kappa shape index (κ2) is 7.92. The van der Waals surface area contributed by atoms with E-state index in [0.29, 0.717) is 13.1 Å². The first-order valence-corrected chi connectivity index (χ1v) is 7.86. The van der Waals surface area contributed by atoms with E-state index >= 15 is 0 Å². The Labute approximate surface area is 141 Å². The number of rotatable bonds is 5. The molecule has 2 N–H and O–H groups in total. The summed E-state index contributed by atoms with van der Waals surface area (Å²) in [4.78, 5) is 37.5. The van der Waals surface area contributed by atoms with E-state index in [4.69, 9.17) is 0 Å². The number of amides is 2. The normalized spacial score (nSPS) is 18.0. The lowest BCUT2D eigenvalue weighted by Crippen LogP contribution is -2.57. The molecule has 1 saturated heterocycles. The number of benzene rings is 1. The predicted molar refractivity (Wildman–Crippen MR) is 89.5 cm³/mol. The number of anilines is 1. The minimum absolute atomic E-state index is 0.0440. The van der Waals surface area contributed by atoms with Gasteiger partial charge in [0.05, 0.1) is 20.1 Å². The number of methoxy groups -OCH3 is 1. The molecule has 1 aliphatic heterocycles. The molecule has 2 rings (SSSR count). The second-order valence-electron chi connectivity index (χ2n) is 5.92. The molecule has 2 amide bonds. The molecular weight excluding hydrogens is 310 g/mol. The van der Waals surface area contributed by atoms with Crippen LogP contribution in [0.3, 0.4) is 0 Å². The number of carbonyl (C=O) groups excluding carboxylic acids is 3. The first kappa shape index (κ1) is 17.9. The number of esters is 1. The van der Waals surface area contributed by atoms with Crippen LogP contribution in [-0.2, 0) is 19.1 Å². The monoisotopic (exact) mass is 333 g/mol. The average molecular weight is 333 g/mol. The third-order valence-corrected chi connectivity index (χ3v) is 4.03. The van der Waals surface area contributed by atoms with Crippen LogP contribution in [0.15, 0.2) is 18.2 Å². The molecule has 130 valence electrons. The molecule has 0 unspecified atom stereocenters. The van der Waals surface area contributed by atoms with Crippen molar-refractivity contribution in [2.24, 2.45) is 0 Å². The van der Waals surface area contributed by atoms with Gasteiger partial charge in [-0.1, -0.05) is 17.7 Å². The minimum atomic E-state index is -0.684. The number of carbonyl (C=O) groups is 3. The average Bonchev–Trinajstić information content (AvgIpc) is 2.53. The number of aryl methyl sites for hydroxylation is 2. The Balaban J connectivity index is 2.02. The van der Waals surface area contributed by atoms with Crippen LogP contribution in [0.25, 0.3) is 0 Å². The Kier molecular flexibility index (Phi) is 5.92. The molecule has 0 saturated carbocycles. The van der Waals surface area contributed by atoms with Crippen LogP contribution in [0.2, 0.25) is 0 Å². The van der Waals surface area contributed by atoms with Crippen molar-refractivity contribution in [2.75, 3.05) is 32.1 Å². The van der Waals surface area contributed by atoms with Crippen LogP contribution < -0.4 is 10.6 Å². The summed E-state index contributed by atoms with van der Waals surface area (Å²) in [6.45, 7) is 4.92. The third kappa shape index (κ3) is 4.55. The number of hydrogen-bond acceptors (Lipinski definition) is 5. The van der Waals surface area contributed by atoms with Crippen LogP contribution in [-0.4, -0.2) is 55.5 Å². The van der Waals surface area contributed by atoms with Crippen LogP contribution >= 0.6 is 0 Å². The van der Waals surface area contributed by atoms with Gasteiger partial charge in [0.25, 0.3) is 0 Å². The van der Waals surface area contributed by atoms with E-state index in [1.807, 2.05) is 32.0 Å². The summed E-state index contributed by atoms with van der Waals surface area (Å²) in [5.41, 5.74) is 2.85. The molecule has 1 heterocycles. The van der Waals surface area contributed by atoms with Gasteiger partial charge >= 0.3 is 5.97 Å². The van der Waals surface area contributed by atoms with E-state index in [-0.39, 0.29) is 24.8 Å². The minimum Gasteiger partial charge on any atom is -0.469 e. The van der Waals surface area contributed by atoms with E-state index in [1.165, 1.54) is 7.11 Å². The topological polar surface area (TPSA) is 87.7 Å². The van der Waals surface area contributed by atoms with E-state index < -0.39 is 12.0 Å². The van der Waals surface area contributed by atoms with Crippen LogP contribution in [0.1, 0.15) is 17.5 Å². The van der Waals surface area contributed by atoms with Crippen LogP contribution in [0, 0.1) is 13.8 Å². The molecule has 0 spiro atoms. The Morgan fingerprint density at radius 2 is 2.12 bits per heavy atom. The maximum Gasteiger partial charge on any atom is 0.307 e. The van der Waals surface area contributed by atoms with E-state index in [9.17, 15) is 14.4 Å². The van der Waals surface area contributed by atoms with Gasteiger partial charge in [0.1, 0.15) is 6.04 Å². The zero-order chi connectivity index (χ0) is 17.7. The summed E-state index contributed by atoms with van der Waals surface area (Å²) in [6.07, 6.45) is -0.0703. The summed E-state index contributed by atoms with van der Waals surface area (Å²) in [7, 11) is 1.28. The first-order valence-electron chi connectivity index (χ1n) is 7.86. The van der Waals surface area contributed by atoms with E-state index in [0.717, 1.165) is 16.8 Å². The standard InChI is InChI=1S/C17H23N3O4/c1-11-4-5-13(12(2)8-11)19-15(21)10-20-7-6-18-17(23)14(20)9-16(22)24-3/h4-5,8,14H,6-7,9-10H2,1-3H3,(H,18,23)(H,19,21)/t14-/m1/s1. The summed E-state index contributed by atoms with van der Waals surface area (Å²) in [5.74, 6) is -0.950. The molecule has 0 bridgehead atoms. The van der Waals surface area contributed by atoms with Crippen molar-refractivity contribution < 1.29 is 19.1 Å². The summed E-state index contributed by atoms with van der Waals surface area (Å²) >= 11 is 0. The molecule has 7 heteroatoms. The number of hydrogen-bond donors (Lipinski definition) is 2. The van der Waals surface area contributed by atoms with Crippen LogP contribution in [0.5, 0.6) is 0 Å². The molecule has 24 heavy (non-hydrogen) atoms. The summed E-state index contributed by atoms with van der Waals surface area (Å²) in [5, 5.41) is 5.57. The Hall–Kier alpha value is -2.41. The molecular formula is C17H23N3O4. The van der Waals surface area contributed by atoms with Gasteiger partial charge in [0.15, 0.2) is 0 Å². The van der Waals surface area contributed by atoms with Gasteiger partial charge < -0.3 is 15.4 Å².